The Morgan fingerprint density at radius 2 is 2.07 bits per heavy atom. The molecule has 1 heterocycles. The summed E-state index contributed by atoms with van der Waals surface area (Å²) >= 11 is 5.24. The summed E-state index contributed by atoms with van der Waals surface area (Å²) in [5.41, 5.74) is 0. The molecular formula is C12H15BrOS. The van der Waals surface area contributed by atoms with Crippen molar-refractivity contribution in [2.75, 3.05) is 0 Å². The summed E-state index contributed by atoms with van der Waals surface area (Å²) in [5.74, 6) is 2.43. The third-order valence-electron chi connectivity index (χ3n) is 3.89. The maximum Gasteiger partial charge on any atom is 0.0910 e. The number of aryl methyl sites for hydroxylation is 1. The minimum Gasteiger partial charge on any atom is -0.387 e. The Morgan fingerprint density at radius 3 is 2.60 bits per heavy atom. The van der Waals surface area contributed by atoms with Gasteiger partial charge in [-0.05, 0) is 65.9 Å². The fraction of sp³-hybridized carbons (Fsp3) is 0.667. The van der Waals surface area contributed by atoms with Gasteiger partial charge in [-0.2, -0.15) is 0 Å². The maximum atomic E-state index is 10.3. The predicted octanol–water partition coefficient (Wildman–Crippen LogP) is 3.90. The first-order valence-corrected chi connectivity index (χ1v) is 7.20. The summed E-state index contributed by atoms with van der Waals surface area (Å²) in [5, 5.41) is 10.3. The Balaban J connectivity index is 1.76. The smallest absolute Gasteiger partial charge is 0.0910 e. The molecule has 2 fully saturated rings. The molecule has 2 aliphatic carbocycles. The van der Waals surface area contributed by atoms with E-state index in [4.69, 9.17) is 0 Å². The van der Waals surface area contributed by atoms with Crippen LogP contribution in [-0.2, 0) is 0 Å². The average molecular weight is 287 g/mol. The van der Waals surface area contributed by atoms with Gasteiger partial charge in [0, 0.05) is 14.2 Å². The van der Waals surface area contributed by atoms with Crippen molar-refractivity contribution in [2.45, 2.75) is 32.3 Å². The van der Waals surface area contributed by atoms with Gasteiger partial charge in [0.2, 0.25) is 0 Å². The Hall–Kier alpha value is 0.140. The number of thiophene rings is 1. The van der Waals surface area contributed by atoms with E-state index in [0.29, 0.717) is 5.92 Å². The molecule has 82 valence electrons. The zero-order valence-corrected chi connectivity index (χ0v) is 11.1. The van der Waals surface area contributed by atoms with Gasteiger partial charge >= 0.3 is 0 Å². The van der Waals surface area contributed by atoms with Crippen molar-refractivity contribution in [2.24, 2.45) is 17.8 Å². The summed E-state index contributed by atoms with van der Waals surface area (Å²) in [6.07, 6.45) is 3.71. The van der Waals surface area contributed by atoms with Gasteiger partial charge in [0.05, 0.1) is 6.10 Å². The van der Waals surface area contributed by atoms with E-state index in [2.05, 4.69) is 28.9 Å². The maximum absolute atomic E-state index is 10.3. The highest BCUT2D eigenvalue weighted by Crippen LogP contribution is 2.57. The number of hydrogen-bond acceptors (Lipinski definition) is 2. The number of fused-ring (bicyclic) bond motifs is 1. The minimum absolute atomic E-state index is 0.215. The van der Waals surface area contributed by atoms with Crippen molar-refractivity contribution in [3.05, 3.63) is 20.3 Å². The Morgan fingerprint density at radius 1 is 1.40 bits per heavy atom. The van der Waals surface area contributed by atoms with E-state index in [1.807, 2.05) is 0 Å². The van der Waals surface area contributed by atoms with Crippen LogP contribution in [0.3, 0.4) is 0 Å². The van der Waals surface area contributed by atoms with Crippen molar-refractivity contribution < 1.29 is 5.11 Å². The van der Waals surface area contributed by atoms with Crippen LogP contribution in [0.25, 0.3) is 0 Å². The molecule has 0 bridgehead atoms. The predicted molar refractivity (Wildman–Crippen MR) is 66.0 cm³/mol. The SMILES string of the molecule is Cc1sc(C(O)C2CC3CC3C2)cc1Br. The average Bonchev–Trinajstić information content (AvgIpc) is 2.66. The molecule has 1 N–H and O–H groups in total. The molecule has 2 saturated carbocycles. The summed E-state index contributed by atoms with van der Waals surface area (Å²) in [4.78, 5) is 2.41. The lowest BCUT2D eigenvalue weighted by atomic mass is 9.96. The third-order valence-corrected chi connectivity index (χ3v) is 6.10. The van der Waals surface area contributed by atoms with Gasteiger partial charge in [0.25, 0.3) is 0 Å². The van der Waals surface area contributed by atoms with Crippen molar-refractivity contribution in [1.82, 2.24) is 0 Å². The molecule has 0 spiro atoms. The summed E-state index contributed by atoms with van der Waals surface area (Å²) in [6, 6.07) is 2.09. The van der Waals surface area contributed by atoms with Crippen molar-refractivity contribution in [1.29, 1.82) is 0 Å². The van der Waals surface area contributed by atoms with Crippen molar-refractivity contribution in [3.8, 4) is 0 Å². The molecule has 1 aromatic rings. The van der Waals surface area contributed by atoms with Crippen LogP contribution in [0, 0.1) is 24.7 Å². The second kappa shape index (κ2) is 3.57. The van der Waals surface area contributed by atoms with E-state index in [1.165, 1.54) is 24.1 Å². The summed E-state index contributed by atoms with van der Waals surface area (Å²) in [7, 11) is 0. The molecule has 3 atom stereocenters. The first kappa shape index (κ1) is 10.3. The van der Waals surface area contributed by atoms with Gasteiger partial charge in [0.15, 0.2) is 0 Å². The lowest BCUT2D eigenvalue weighted by molar-refractivity contribution is 0.108. The number of rotatable bonds is 2. The van der Waals surface area contributed by atoms with E-state index in [-0.39, 0.29) is 6.10 Å². The van der Waals surface area contributed by atoms with E-state index in [0.717, 1.165) is 21.2 Å². The molecule has 1 nitrogen and oxygen atoms in total. The van der Waals surface area contributed by atoms with Gasteiger partial charge in [-0.1, -0.05) is 0 Å². The van der Waals surface area contributed by atoms with Gasteiger partial charge in [-0.15, -0.1) is 11.3 Å². The van der Waals surface area contributed by atoms with Crippen LogP contribution in [0.15, 0.2) is 10.5 Å². The molecule has 2 aliphatic rings. The quantitative estimate of drug-likeness (QED) is 0.874. The van der Waals surface area contributed by atoms with E-state index in [1.54, 1.807) is 11.3 Å². The first-order valence-electron chi connectivity index (χ1n) is 5.59. The first-order chi connectivity index (χ1) is 7.15. The highest BCUT2D eigenvalue weighted by atomic mass is 79.9. The highest BCUT2D eigenvalue weighted by molar-refractivity contribution is 9.10. The molecule has 3 rings (SSSR count). The molecule has 0 radical (unpaired) electrons. The zero-order valence-electron chi connectivity index (χ0n) is 8.74. The number of hydrogen-bond donors (Lipinski definition) is 1. The van der Waals surface area contributed by atoms with Crippen LogP contribution in [0.5, 0.6) is 0 Å². The lowest BCUT2D eigenvalue weighted by Gasteiger charge is -2.17. The largest absolute Gasteiger partial charge is 0.387 e. The summed E-state index contributed by atoms with van der Waals surface area (Å²) in [6.45, 7) is 2.09. The van der Waals surface area contributed by atoms with E-state index < -0.39 is 0 Å². The van der Waals surface area contributed by atoms with Gasteiger partial charge < -0.3 is 5.11 Å². The topological polar surface area (TPSA) is 20.2 Å². The van der Waals surface area contributed by atoms with Crippen LogP contribution in [0.2, 0.25) is 0 Å². The van der Waals surface area contributed by atoms with Gasteiger partial charge in [-0.3, -0.25) is 0 Å². The fourth-order valence-corrected chi connectivity index (χ4v) is 4.52. The van der Waals surface area contributed by atoms with Crippen LogP contribution < -0.4 is 0 Å². The Bertz CT molecular complexity index is 357. The second-order valence-electron chi connectivity index (χ2n) is 4.99. The molecule has 0 aromatic carbocycles. The van der Waals surface area contributed by atoms with Crippen molar-refractivity contribution >= 4 is 27.3 Å². The molecular weight excluding hydrogens is 272 g/mol. The molecule has 3 heteroatoms. The zero-order chi connectivity index (χ0) is 10.6. The van der Waals surface area contributed by atoms with Crippen LogP contribution in [0.4, 0.5) is 0 Å². The monoisotopic (exact) mass is 286 g/mol. The summed E-state index contributed by atoms with van der Waals surface area (Å²) < 4.78 is 1.14. The molecule has 0 aliphatic heterocycles. The van der Waals surface area contributed by atoms with Gasteiger partial charge in [-0.25, -0.2) is 0 Å². The normalized spacial score (nSPS) is 35.3. The molecule has 0 saturated heterocycles. The van der Waals surface area contributed by atoms with Gasteiger partial charge in [0.1, 0.15) is 0 Å². The van der Waals surface area contributed by atoms with E-state index in [9.17, 15) is 5.11 Å². The van der Waals surface area contributed by atoms with Crippen LogP contribution in [-0.4, -0.2) is 5.11 Å². The second-order valence-corrected chi connectivity index (χ2v) is 7.13. The highest BCUT2D eigenvalue weighted by Gasteiger charge is 2.48. The standard InChI is InChI=1S/C12H15BrOS/c1-6-10(13)5-11(15-6)12(14)9-3-7-2-8(7)4-9/h5,7-9,12,14H,2-4H2,1H3. The number of halogens is 1. The molecule has 1 aromatic heterocycles. The molecule has 0 amide bonds. The third kappa shape index (κ3) is 1.79. The van der Waals surface area contributed by atoms with Crippen molar-refractivity contribution in [3.63, 3.8) is 0 Å². The fourth-order valence-electron chi connectivity index (χ4n) is 2.88. The van der Waals surface area contributed by atoms with Crippen LogP contribution in [0.1, 0.15) is 35.1 Å². The van der Waals surface area contributed by atoms with Crippen LogP contribution >= 0.6 is 27.3 Å². The molecule has 3 unspecified atom stereocenters. The lowest BCUT2D eigenvalue weighted by Crippen LogP contribution is -2.09. The number of aliphatic hydroxyl groups excluding tert-OH is 1. The Kier molecular flexibility index (Phi) is 2.45. The van der Waals surface area contributed by atoms with E-state index >= 15 is 0 Å². The number of aliphatic hydroxyl groups is 1. The Labute approximate surface area is 103 Å². The minimum atomic E-state index is -0.215. The molecule has 15 heavy (non-hydrogen) atoms.